The Morgan fingerprint density at radius 2 is 2.11 bits per heavy atom. The predicted octanol–water partition coefficient (Wildman–Crippen LogP) is 2.29. The summed E-state index contributed by atoms with van der Waals surface area (Å²) in [4.78, 5) is 17.5. The molecule has 0 radical (unpaired) electrons. The van der Waals surface area contributed by atoms with Crippen LogP contribution in [-0.2, 0) is 12.8 Å². The second kappa shape index (κ2) is 5.18. The summed E-state index contributed by atoms with van der Waals surface area (Å²) >= 11 is 4.95. The summed E-state index contributed by atoms with van der Waals surface area (Å²) in [5.41, 5.74) is 2.23. The van der Waals surface area contributed by atoms with Crippen molar-refractivity contribution in [1.82, 2.24) is 9.97 Å². The Kier molecular flexibility index (Phi) is 3.62. The Morgan fingerprint density at radius 3 is 2.78 bits per heavy atom. The van der Waals surface area contributed by atoms with Gasteiger partial charge in [-0.1, -0.05) is 19.1 Å². The van der Waals surface area contributed by atoms with Crippen molar-refractivity contribution in [3.63, 3.8) is 0 Å². The number of phenols is 1. The molecule has 94 valence electrons. The van der Waals surface area contributed by atoms with Crippen LogP contribution in [0.2, 0.25) is 0 Å². The van der Waals surface area contributed by atoms with Crippen LogP contribution in [0, 0.1) is 4.77 Å². The van der Waals surface area contributed by atoms with Crippen LogP contribution in [0.15, 0.2) is 29.1 Å². The molecule has 0 amide bonds. The van der Waals surface area contributed by atoms with Crippen LogP contribution in [0.1, 0.15) is 23.7 Å². The van der Waals surface area contributed by atoms with Gasteiger partial charge in [0.2, 0.25) is 0 Å². The number of aryl methyl sites for hydroxylation is 1. The number of hydrogen-bond donors (Lipinski definition) is 3. The molecule has 4 nitrogen and oxygen atoms in total. The fraction of sp³-hybridized carbons (Fsp3) is 0.231. The van der Waals surface area contributed by atoms with Crippen molar-refractivity contribution in [2.45, 2.75) is 19.8 Å². The fourth-order valence-corrected chi connectivity index (χ4v) is 2.13. The van der Waals surface area contributed by atoms with Gasteiger partial charge in [0.1, 0.15) is 5.75 Å². The van der Waals surface area contributed by atoms with Crippen molar-refractivity contribution in [2.75, 3.05) is 0 Å². The number of rotatable bonds is 3. The zero-order valence-corrected chi connectivity index (χ0v) is 10.8. The maximum atomic E-state index is 11.9. The van der Waals surface area contributed by atoms with Crippen molar-refractivity contribution in [2.24, 2.45) is 0 Å². The number of hydrogen-bond acceptors (Lipinski definition) is 3. The van der Waals surface area contributed by atoms with E-state index >= 15 is 0 Å². The lowest BCUT2D eigenvalue weighted by molar-refractivity contribution is 0.474. The molecule has 2 aromatic rings. The molecule has 2 rings (SSSR count). The average Bonchev–Trinajstić information content (AvgIpc) is 2.32. The van der Waals surface area contributed by atoms with Gasteiger partial charge in [0.25, 0.3) is 5.56 Å². The van der Waals surface area contributed by atoms with Crippen molar-refractivity contribution in [3.8, 4) is 5.75 Å². The third-order valence-electron chi connectivity index (χ3n) is 2.77. The fourth-order valence-electron chi connectivity index (χ4n) is 1.92. The first-order chi connectivity index (χ1) is 8.60. The molecular weight excluding hydrogens is 248 g/mol. The maximum absolute atomic E-state index is 11.9. The summed E-state index contributed by atoms with van der Waals surface area (Å²) in [6, 6.07) is 6.89. The van der Waals surface area contributed by atoms with Crippen LogP contribution in [0.3, 0.4) is 0 Å². The topological polar surface area (TPSA) is 68.9 Å². The van der Waals surface area contributed by atoms with Crippen molar-refractivity contribution in [1.29, 1.82) is 0 Å². The lowest BCUT2D eigenvalue weighted by Crippen LogP contribution is -2.18. The minimum absolute atomic E-state index is 0.168. The van der Waals surface area contributed by atoms with E-state index in [1.165, 1.54) is 0 Å². The van der Waals surface area contributed by atoms with Gasteiger partial charge in [-0.15, -0.1) is 0 Å². The molecule has 0 aliphatic heterocycles. The van der Waals surface area contributed by atoms with Crippen LogP contribution >= 0.6 is 12.2 Å². The second-order valence-electron chi connectivity index (χ2n) is 4.07. The second-order valence-corrected chi connectivity index (χ2v) is 4.47. The van der Waals surface area contributed by atoms with Gasteiger partial charge < -0.3 is 10.1 Å². The van der Waals surface area contributed by atoms with Gasteiger partial charge in [-0.2, -0.15) is 0 Å². The van der Waals surface area contributed by atoms with Crippen LogP contribution in [0.4, 0.5) is 0 Å². The number of nitrogens with one attached hydrogen (secondary N) is 2. The van der Waals surface area contributed by atoms with Crippen LogP contribution in [0.25, 0.3) is 0 Å². The summed E-state index contributed by atoms with van der Waals surface area (Å²) in [5, 5.41) is 9.42. The summed E-state index contributed by atoms with van der Waals surface area (Å²) in [6.45, 7) is 1.96. The summed E-state index contributed by atoms with van der Waals surface area (Å²) < 4.78 is 0.344. The predicted molar refractivity (Wildman–Crippen MR) is 72.5 cm³/mol. The van der Waals surface area contributed by atoms with E-state index in [-0.39, 0.29) is 11.3 Å². The molecule has 0 saturated carbocycles. The van der Waals surface area contributed by atoms with Crippen molar-refractivity contribution >= 4 is 12.2 Å². The lowest BCUT2D eigenvalue weighted by atomic mass is 10.0. The molecule has 0 fully saturated rings. The van der Waals surface area contributed by atoms with E-state index in [4.69, 9.17) is 12.2 Å². The minimum Gasteiger partial charge on any atom is -0.508 e. The number of benzene rings is 1. The molecule has 0 bridgehead atoms. The Hall–Kier alpha value is -1.88. The number of phenolic OH excluding ortho intramolecular Hbond substituents is 1. The first-order valence-electron chi connectivity index (χ1n) is 5.72. The van der Waals surface area contributed by atoms with E-state index in [1.807, 2.05) is 13.0 Å². The molecule has 1 aromatic carbocycles. The molecule has 0 spiro atoms. The molecule has 18 heavy (non-hydrogen) atoms. The lowest BCUT2D eigenvalue weighted by Gasteiger charge is -2.07. The molecule has 0 unspecified atom stereocenters. The quantitative estimate of drug-likeness (QED) is 0.743. The summed E-state index contributed by atoms with van der Waals surface area (Å²) in [5.74, 6) is 0.200. The van der Waals surface area contributed by atoms with Crippen LogP contribution in [0.5, 0.6) is 5.75 Å². The molecule has 0 aliphatic rings. The number of aromatic amines is 2. The highest BCUT2D eigenvalue weighted by atomic mass is 32.1. The Labute approximate surface area is 109 Å². The first-order valence-corrected chi connectivity index (χ1v) is 6.13. The Bertz CT molecular complexity index is 673. The van der Waals surface area contributed by atoms with Crippen molar-refractivity contribution < 1.29 is 5.11 Å². The first kappa shape index (κ1) is 12.6. The normalized spacial score (nSPS) is 10.5. The summed E-state index contributed by atoms with van der Waals surface area (Å²) in [7, 11) is 0. The SMILES string of the molecule is CCc1[nH]c(=S)[nH]c(=O)c1Cc1cccc(O)c1. The molecule has 1 aromatic heterocycles. The zero-order valence-electron chi connectivity index (χ0n) is 9.99. The molecule has 1 heterocycles. The van der Waals surface area contributed by atoms with Gasteiger partial charge in [-0.05, 0) is 36.3 Å². The maximum Gasteiger partial charge on any atom is 0.255 e. The smallest absolute Gasteiger partial charge is 0.255 e. The van der Waals surface area contributed by atoms with Crippen LogP contribution < -0.4 is 5.56 Å². The third-order valence-corrected chi connectivity index (χ3v) is 2.98. The zero-order chi connectivity index (χ0) is 13.1. The average molecular weight is 262 g/mol. The molecule has 0 atom stereocenters. The summed E-state index contributed by atoms with van der Waals surface area (Å²) in [6.07, 6.45) is 1.18. The van der Waals surface area contributed by atoms with Gasteiger partial charge in [0.05, 0.1) is 0 Å². The highest BCUT2D eigenvalue weighted by Gasteiger charge is 2.08. The Balaban J connectivity index is 2.46. The van der Waals surface area contributed by atoms with Crippen molar-refractivity contribution in [3.05, 3.63) is 56.2 Å². The highest BCUT2D eigenvalue weighted by molar-refractivity contribution is 7.71. The van der Waals surface area contributed by atoms with Gasteiger partial charge in [-0.3, -0.25) is 9.78 Å². The third kappa shape index (κ3) is 2.68. The highest BCUT2D eigenvalue weighted by Crippen LogP contribution is 2.14. The van der Waals surface area contributed by atoms with E-state index < -0.39 is 0 Å². The standard InChI is InChI=1S/C13H14N2O2S/c1-2-11-10(12(17)15-13(18)14-11)7-8-4-3-5-9(16)6-8/h3-6,16H,2,7H2,1H3,(H2,14,15,17,18). The monoisotopic (exact) mass is 262 g/mol. The van der Waals surface area contributed by atoms with E-state index in [9.17, 15) is 9.90 Å². The van der Waals surface area contributed by atoms with E-state index in [0.717, 1.165) is 11.3 Å². The van der Waals surface area contributed by atoms with Gasteiger partial charge in [0, 0.05) is 17.7 Å². The molecule has 5 heteroatoms. The Morgan fingerprint density at radius 1 is 1.33 bits per heavy atom. The van der Waals surface area contributed by atoms with E-state index in [0.29, 0.717) is 23.2 Å². The molecule has 0 aliphatic carbocycles. The molecule has 0 saturated heterocycles. The number of H-pyrrole nitrogens is 2. The van der Waals surface area contributed by atoms with Gasteiger partial charge in [0.15, 0.2) is 4.77 Å². The largest absolute Gasteiger partial charge is 0.508 e. The van der Waals surface area contributed by atoms with E-state index in [1.54, 1.807) is 18.2 Å². The van der Waals surface area contributed by atoms with Crippen LogP contribution in [-0.4, -0.2) is 15.1 Å². The number of aromatic nitrogens is 2. The molecule has 3 N–H and O–H groups in total. The van der Waals surface area contributed by atoms with E-state index in [2.05, 4.69) is 9.97 Å². The minimum atomic E-state index is -0.168. The molecular formula is C13H14N2O2S. The number of aromatic hydroxyl groups is 1. The van der Waals surface area contributed by atoms with Gasteiger partial charge in [-0.25, -0.2) is 0 Å². The van der Waals surface area contributed by atoms with Gasteiger partial charge >= 0.3 is 0 Å².